The van der Waals surface area contributed by atoms with E-state index in [0.717, 1.165) is 6.29 Å². The van der Waals surface area contributed by atoms with Gasteiger partial charge in [-0.2, -0.15) is 0 Å². The van der Waals surface area contributed by atoms with Crippen molar-refractivity contribution >= 4 is 6.29 Å². The maximum atomic E-state index is 8.81. The first kappa shape index (κ1) is 14.9. The normalized spacial score (nSPS) is 15.8. The summed E-state index contributed by atoms with van der Waals surface area (Å²) in [7, 11) is 4.32. The first-order valence-electron chi connectivity index (χ1n) is 6.66. The quantitative estimate of drug-likeness (QED) is 0.762. The van der Waals surface area contributed by atoms with Crippen molar-refractivity contribution in [2.45, 2.75) is 38.5 Å². The fraction of sp³-hybridized carbons (Fsp3) is 0.562. The van der Waals surface area contributed by atoms with Crippen LogP contribution in [0.15, 0.2) is 24.3 Å². The van der Waals surface area contributed by atoms with Crippen molar-refractivity contribution in [1.29, 1.82) is 0 Å². The summed E-state index contributed by atoms with van der Waals surface area (Å²) >= 11 is 0. The molecule has 0 aliphatic heterocycles. The van der Waals surface area contributed by atoms with E-state index in [2.05, 4.69) is 50.2 Å². The molecule has 2 rings (SSSR count). The van der Waals surface area contributed by atoms with Crippen LogP contribution in [0.3, 0.4) is 0 Å². The number of rotatable bonds is 4. The molecule has 0 heterocycles. The molecule has 0 saturated heterocycles. The Kier molecular flexibility index (Phi) is 5.54. The van der Waals surface area contributed by atoms with Gasteiger partial charge in [0.15, 0.2) is 0 Å². The van der Waals surface area contributed by atoms with Crippen molar-refractivity contribution in [3.63, 3.8) is 0 Å². The second-order valence-corrected chi connectivity index (χ2v) is 5.44. The summed E-state index contributed by atoms with van der Waals surface area (Å²) in [5.74, 6) is 0. The van der Waals surface area contributed by atoms with E-state index in [4.69, 9.17) is 4.79 Å². The van der Waals surface area contributed by atoms with E-state index >= 15 is 0 Å². The molecule has 0 aromatic heterocycles. The predicted octanol–water partition coefficient (Wildman–Crippen LogP) is 3.18. The van der Waals surface area contributed by atoms with Crippen LogP contribution in [0.4, 0.5) is 0 Å². The molecule has 1 saturated carbocycles. The minimum absolute atomic E-state index is 0.526. The summed E-state index contributed by atoms with van der Waals surface area (Å²) in [6.45, 7) is 4.80. The topological polar surface area (TPSA) is 20.3 Å². The number of hydrogen-bond acceptors (Lipinski definition) is 2. The van der Waals surface area contributed by atoms with Gasteiger partial charge in [0, 0.05) is 0 Å². The van der Waals surface area contributed by atoms with Gasteiger partial charge < -0.3 is 9.69 Å². The Balaban J connectivity index is 0.000000492. The molecule has 18 heavy (non-hydrogen) atoms. The van der Waals surface area contributed by atoms with Crippen molar-refractivity contribution in [3.8, 4) is 0 Å². The Morgan fingerprint density at radius 3 is 2.11 bits per heavy atom. The molecule has 1 aliphatic carbocycles. The van der Waals surface area contributed by atoms with Crippen LogP contribution in [0.1, 0.15) is 37.3 Å². The fourth-order valence-corrected chi connectivity index (χ4v) is 2.18. The van der Waals surface area contributed by atoms with Gasteiger partial charge in [-0.25, -0.2) is 0 Å². The van der Waals surface area contributed by atoms with Gasteiger partial charge in [0.05, 0.1) is 0 Å². The fourth-order valence-electron chi connectivity index (χ4n) is 2.18. The zero-order chi connectivity index (χ0) is 13.6. The molecule has 0 N–H and O–H groups in total. The molecule has 0 radical (unpaired) electrons. The SMILES string of the molecule is CC=O.Cc1ccc(C2(CCN(C)C)CC2)cc1. The third kappa shape index (κ3) is 4.26. The van der Waals surface area contributed by atoms with Crippen molar-refractivity contribution in [2.75, 3.05) is 20.6 Å². The Hall–Kier alpha value is -1.15. The predicted molar refractivity (Wildman–Crippen MR) is 77.0 cm³/mol. The standard InChI is InChI=1S/C14H21N.C2H4O/c1-12-4-6-13(7-5-12)14(8-9-14)10-11-15(2)3;1-2-3/h4-7H,8-11H2,1-3H3;2H,1H3. The van der Waals surface area contributed by atoms with Crippen LogP contribution < -0.4 is 0 Å². The molecule has 0 amide bonds. The lowest BCUT2D eigenvalue weighted by atomic mass is 9.92. The summed E-state index contributed by atoms with van der Waals surface area (Å²) in [5, 5.41) is 0. The highest BCUT2D eigenvalue weighted by molar-refractivity contribution is 5.44. The van der Waals surface area contributed by atoms with Crippen LogP contribution in [0.2, 0.25) is 0 Å². The minimum Gasteiger partial charge on any atom is -0.309 e. The van der Waals surface area contributed by atoms with Crippen molar-refractivity contribution in [1.82, 2.24) is 4.90 Å². The highest BCUT2D eigenvalue weighted by atomic mass is 16.1. The van der Waals surface area contributed by atoms with Gasteiger partial charge in [0.1, 0.15) is 6.29 Å². The molecule has 1 fully saturated rings. The van der Waals surface area contributed by atoms with Crippen LogP contribution in [-0.4, -0.2) is 31.8 Å². The van der Waals surface area contributed by atoms with Gasteiger partial charge in [-0.05, 0) is 64.7 Å². The van der Waals surface area contributed by atoms with E-state index in [1.165, 1.54) is 38.3 Å². The molecule has 1 aliphatic rings. The highest BCUT2D eigenvalue weighted by Gasteiger charge is 2.43. The number of benzene rings is 1. The molecule has 100 valence electrons. The third-order valence-corrected chi connectivity index (χ3v) is 3.56. The van der Waals surface area contributed by atoms with Gasteiger partial charge in [-0.15, -0.1) is 0 Å². The third-order valence-electron chi connectivity index (χ3n) is 3.56. The molecule has 2 heteroatoms. The van der Waals surface area contributed by atoms with Crippen molar-refractivity contribution in [3.05, 3.63) is 35.4 Å². The van der Waals surface area contributed by atoms with Gasteiger partial charge in [0.25, 0.3) is 0 Å². The lowest BCUT2D eigenvalue weighted by molar-refractivity contribution is -0.106. The summed E-state index contributed by atoms with van der Waals surface area (Å²) in [6.07, 6.45) is 4.82. The van der Waals surface area contributed by atoms with Crippen LogP contribution in [0.5, 0.6) is 0 Å². The lowest BCUT2D eigenvalue weighted by Crippen LogP contribution is -2.19. The average Bonchev–Trinajstić information content (AvgIpc) is 3.09. The summed E-state index contributed by atoms with van der Waals surface area (Å²) < 4.78 is 0. The maximum Gasteiger partial charge on any atom is 0.116 e. The number of carbonyl (C=O) groups excluding carboxylic acids is 1. The van der Waals surface area contributed by atoms with Crippen LogP contribution in [0, 0.1) is 6.92 Å². The maximum absolute atomic E-state index is 8.81. The zero-order valence-corrected chi connectivity index (χ0v) is 12.1. The molecular formula is C16H25NO. The van der Waals surface area contributed by atoms with E-state index in [1.54, 1.807) is 5.56 Å². The van der Waals surface area contributed by atoms with Gasteiger partial charge in [-0.3, -0.25) is 0 Å². The molecular weight excluding hydrogens is 222 g/mol. The van der Waals surface area contributed by atoms with Crippen LogP contribution in [0.25, 0.3) is 0 Å². The highest BCUT2D eigenvalue weighted by Crippen LogP contribution is 2.50. The zero-order valence-electron chi connectivity index (χ0n) is 12.1. The average molecular weight is 247 g/mol. The molecule has 0 bridgehead atoms. The number of aldehydes is 1. The summed E-state index contributed by atoms with van der Waals surface area (Å²) in [4.78, 5) is 11.1. The van der Waals surface area contributed by atoms with E-state index in [9.17, 15) is 0 Å². The number of nitrogens with zero attached hydrogens (tertiary/aromatic N) is 1. The molecule has 0 atom stereocenters. The first-order chi connectivity index (χ1) is 8.54. The Bertz CT molecular complexity index is 363. The van der Waals surface area contributed by atoms with E-state index in [1.807, 2.05) is 0 Å². The van der Waals surface area contributed by atoms with Crippen molar-refractivity contribution < 1.29 is 4.79 Å². The second kappa shape index (κ2) is 6.69. The molecule has 0 spiro atoms. The molecule has 0 unspecified atom stereocenters. The Labute approximate surface area is 111 Å². The van der Waals surface area contributed by atoms with Crippen LogP contribution >= 0.6 is 0 Å². The summed E-state index contributed by atoms with van der Waals surface area (Å²) in [6, 6.07) is 9.12. The molecule has 2 nitrogen and oxygen atoms in total. The first-order valence-corrected chi connectivity index (χ1v) is 6.66. The lowest BCUT2D eigenvalue weighted by Gasteiger charge is -2.18. The van der Waals surface area contributed by atoms with E-state index < -0.39 is 0 Å². The van der Waals surface area contributed by atoms with Crippen LogP contribution in [-0.2, 0) is 10.2 Å². The minimum atomic E-state index is 0.526. The Morgan fingerprint density at radius 2 is 1.72 bits per heavy atom. The number of hydrogen-bond donors (Lipinski definition) is 0. The molecule has 1 aromatic carbocycles. The number of aryl methyl sites for hydroxylation is 1. The second-order valence-electron chi connectivity index (χ2n) is 5.44. The monoisotopic (exact) mass is 247 g/mol. The largest absolute Gasteiger partial charge is 0.309 e. The van der Waals surface area contributed by atoms with Gasteiger partial charge in [-0.1, -0.05) is 29.8 Å². The summed E-state index contributed by atoms with van der Waals surface area (Å²) in [5.41, 5.74) is 3.44. The Morgan fingerprint density at radius 1 is 1.22 bits per heavy atom. The number of carbonyl (C=O) groups is 1. The van der Waals surface area contributed by atoms with Gasteiger partial charge in [0.2, 0.25) is 0 Å². The smallest absolute Gasteiger partial charge is 0.116 e. The molecule has 1 aromatic rings. The van der Waals surface area contributed by atoms with Gasteiger partial charge >= 0.3 is 0 Å². The van der Waals surface area contributed by atoms with E-state index in [0.29, 0.717) is 5.41 Å². The van der Waals surface area contributed by atoms with E-state index in [-0.39, 0.29) is 0 Å². The van der Waals surface area contributed by atoms with Crippen molar-refractivity contribution in [2.24, 2.45) is 0 Å².